The van der Waals surface area contributed by atoms with Gasteiger partial charge in [0, 0.05) is 16.7 Å². The molecule has 0 amide bonds. The molecule has 0 bridgehead atoms. The van der Waals surface area contributed by atoms with Crippen molar-refractivity contribution < 1.29 is 14.2 Å². The number of benzene rings is 4. The van der Waals surface area contributed by atoms with Gasteiger partial charge in [0.1, 0.15) is 5.76 Å². The van der Waals surface area contributed by atoms with Crippen molar-refractivity contribution in [1.29, 1.82) is 0 Å². The molecular formula is C29H22O3. The van der Waals surface area contributed by atoms with Crippen LogP contribution in [0.4, 0.5) is 0 Å². The minimum Gasteiger partial charge on any atom is -0.477 e. The topological polar surface area (TPSA) is 27.7 Å². The second-order valence-corrected chi connectivity index (χ2v) is 8.06. The van der Waals surface area contributed by atoms with Crippen LogP contribution in [0.25, 0.3) is 5.76 Å². The maximum atomic E-state index is 6.98. The van der Waals surface area contributed by atoms with Crippen LogP contribution in [0, 0.1) is 0 Å². The second-order valence-electron chi connectivity index (χ2n) is 8.06. The molecule has 1 unspecified atom stereocenters. The molecule has 3 nitrogen and oxygen atoms in total. The standard InChI is InChI=1S/C29H22O3/c1-4-10-21(11-5-1)27-19-25(22-16-17-26-28(18-22)31-20-30-26)29(32-27,23-12-6-2-7-13-23)24-14-8-3-9-15-24/h1-19,25H,20H2. The van der Waals surface area contributed by atoms with Crippen molar-refractivity contribution in [3.05, 3.63) is 138 Å². The Morgan fingerprint density at radius 3 is 1.88 bits per heavy atom. The molecule has 0 fully saturated rings. The predicted octanol–water partition coefficient (Wildman–Crippen LogP) is 6.51. The summed E-state index contributed by atoms with van der Waals surface area (Å²) in [6.07, 6.45) is 2.24. The van der Waals surface area contributed by atoms with Gasteiger partial charge in [0.05, 0.1) is 5.92 Å². The zero-order chi connectivity index (χ0) is 21.4. The molecule has 2 aliphatic rings. The summed E-state index contributed by atoms with van der Waals surface area (Å²) in [6, 6.07) is 37.4. The van der Waals surface area contributed by atoms with Crippen molar-refractivity contribution in [3.8, 4) is 11.5 Å². The van der Waals surface area contributed by atoms with Crippen LogP contribution in [-0.4, -0.2) is 6.79 Å². The molecule has 1 atom stereocenters. The summed E-state index contributed by atoms with van der Waals surface area (Å²) >= 11 is 0. The Morgan fingerprint density at radius 1 is 0.625 bits per heavy atom. The highest BCUT2D eigenvalue weighted by atomic mass is 16.7. The third kappa shape index (κ3) is 2.97. The maximum absolute atomic E-state index is 6.98. The Bertz CT molecular complexity index is 1220. The minimum absolute atomic E-state index is 0.0583. The summed E-state index contributed by atoms with van der Waals surface area (Å²) in [4.78, 5) is 0. The van der Waals surface area contributed by atoms with Crippen LogP contribution < -0.4 is 9.47 Å². The summed E-state index contributed by atoms with van der Waals surface area (Å²) in [7, 11) is 0. The first-order valence-corrected chi connectivity index (χ1v) is 10.8. The predicted molar refractivity (Wildman–Crippen MR) is 124 cm³/mol. The number of rotatable bonds is 4. The Kier molecular flexibility index (Phi) is 4.46. The molecule has 32 heavy (non-hydrogen) atoms. The van der Waals surface area contributed by atoms with Gasteiger partial charge in [-0.25, -0.2) is 0 Å². The van der Waals surface area contributed by atoms with Crippen LogP contribution in [0.3, 0.4) is 0 Å². The van der Waals surface area contributed by atoms with Crippen molar-refractivity contribution in [3.63, 3.8) is 0 Å². The average molecular weight is 418 g/mol. The summed E-state index contributed by atoms with van der Waals surface area (Å²) < 4.78 is 18.2. The molecule has 4 aromatic carbocycles. The van der Waals surface area contributed by atoms with Crippen molar-refractivity contribution in [2.45, 2.75) is 11.5 Å². The zero-order valence-corrected chi connectivity index (χ0v) is 17.5. The van der Waals surface area contributed by atoms with Crippen LogP contribution in [0.1, 0.15) is 28.2 Å². The molecule has 4 aromatic rings. The number of fused-ring (bicyclic) bond motifs is 1. The molecule has 0 aliphatic carbocycles. The maximum Gasteiger partial charge on any atom is 0.231 e. The Balaban J connectivity index is 1.59. The molecular weight excluding hydrogens is 396 g/mol. The van der Waals surface area contributed by atoms with Gasteiger partial charge in [-0.05, 0) is 23.8 Å². The monoisotopic (exact) mass is 418 g/mol. The van der Waals surface area contributed by atoms with Gasteiger partial charge in [-0.3, -0.25) is 0 Å². The van der Waals surface area contributed by atoms with E-state index in [9.17, 15) is 0 Å². The number of hydrogen-bond donors (Lipinski definition) is 0. The van der Waals surface area contributed by atoms with E-state index in [0.29, 0.717) is 0 Å². The van der Waals surface area contributed by atoms with Crippen LogP contribution in [0.15, 0.2) is 115 Å². The minimum atomic E-state index is -0.707. The summed E-state index contributed by atoms with van der Waals surface area (Å²) in [6.45, 7) is 0.258. The highest BCUT2D eigenvalue weighted by molar-refractivity contribution is 5.67. The largest absolute Gasteiger partial charge is 0.477 e. The van der Waals surface area contributed by atoms with E-state index in [0.717, 1.165) is 39.5 Å². The smallest absolute Gasteiger partial charge is 0.231 e. The fraction of sp³-hybridized carbons (Fsp3) is 0.103. The third-order valence-corrected chi connectivity index (χ3v) is 6.25. The second kappa shape index (κ2) is 7.61. The van der Waals surface area contributed by atoms with E-state index in [1.54, 1.807) is 0 Å². The third-order valence-electron chi connectivity index (χ3n) is 6.25. The van der Waals surface area contributed by atoms with E-state index in [-0.39, 0.29) is 12.7 Å². The van der Waals surface area contributed by atoms with Crippen LogP contribution in [0.5, 0.6) is 11.5 Å². The molecule has 0 saturated carbocycles. The van der Waals surface area contributed by atoms with Crippen molar-refractivity contribution in [2.24, 2.45) is 0 Å². The lowest BCUT2D eigenvalue weighted by Crippen LogP contribution is -2.33. The van der Waals surface area contributed by atoms with Gasteiger partial charge in [0.25, 0.3) is 0 Å². The van der Waals surface area contributed by atoms with Crippen molar-refractivity contribution in [1.82, 2.24) is 0 Å². The van der Waals surface area contributed by atoms with E-state index in [1.807, 2.05) is 36.4 Å². The first-order valence-electron chi connectivity index (χ1n) is 10.8. The van der Waals surface area contributed by atoms with E-state index < -0.39 is 5.60 Å². The van der Waals surface area contributed by atoms with Crippen LogP contribution in [-0.2, 0) is 10.3 Å². The van der Waals surface area contributed by atoms with Gasteiger partial charge in [0.2, 0.25) is 6.79 Å². The molecule has 2 heterocycles. The molecule has 2 aliphatic heterocycles. The lowest BCUT2D eigenvalue weighted by Gasteiger charge is -2.37. The summed E-state index contributed by atoms with van der Waals surface area (Å²) in [5, 5.41) is 0. The fourth-order valence-corrected chi connectivity index (χ4v) is 4.75. The lowest BCUT2D eigenvalue weighted by atomic mass is 9.73. The van der Waals surface area contributed by atoms with Gasteiger partial charge in [0.15, 0.2) is 17.1 Å². The quantitative estimate of drug-likeness (QED) is 0.378. The average Bonchev–Trinajstić information content (AvgIpc) is 3.51. The number of ether oxygens (including phenoxy) is 3. The first-order chi connectivity index (χ1) is 15.8. The molecule has 0 radical (unpaired) electrons. The van der Waals surface area contributed by atoms with Crippen LogP contribution >= 0.6 is 0 Å². The van der Waals surface area contributed by atoms with E-state index >= 15 is 0 Å². The van der Waals surface area contributed by atoms with E-state index in [4.69, 9.17) is 14.2 Å². The first kappa shape index (κ1) is 18.8. The zero-order valence-electron chi connectivity index (χ0n) is 17.5. The number of hydrogen-bond acceptors (Lipinski definition) is 3. The summed E-state index contributed by atoms with van der Waals surface area (Å²) in [5.74, 6) is 2.38. The van der Waals surface area contributed by atoms with Gasteiger partial charge >= 0.3 is 0 Å². The van der Waals surface area contributed by atoms with Gasteiger partial charge < -0.3 is 14.2 Å². The molecule has 0 aromatic heterocycles. The fourth-order valence-electron chi connectivity index (χ4n) is 4.75. The normalized spacial score (nSPS) is 18.1. The highest BCUT2D eigenvalue weighted by Gasteiger charge is 2.49. The Hall–Kier alpha value is -3.98. The van der Waals surface area contributed by atoms with Crippen molar-refractivity contribution in [2.75, 3.05) is 6.79 Å². The molecule has 6 rings (SSSR count). The summed E-state index contributed by atoms with van der Waals surface area (Å²) in [5.41, 5.74) is 3.69. The van der Waals surface area contributed by atoms with Crippen LogP contribution in [0.2, 0.25) is 0 Å². The highest BCUT2D eigenvalue weighted by Crippen LogP contribution is 2.55. The van der Waals surface area contributed by atoms with E-state index in [2.05, 4.69) is 78.9 Å². The van der Waals surface area contributed by atoms with Gasteiger partial charge in [-0.15, -0.1) is 0 Å². The molecule has 156 valence electrons. The van der Waals surface area contributed by atoms with E-state index in [1.165, 1.54) is 0 Å². The lowest BCUT2D eigenvalue weighted by molar-refractivity contribution is 0.0844. The Morgan fingerprint density at radius 2 is 1.22 bits per heavy atom. The van der Waals surface area contributed by atoms with Gasteiger partial charge in [-0.1, -0.05) is 97.1 Å². The molecule has 0 N–H and O–H groups in total. The molecule has 0 spiro atoms. The Labute approximate surface area is 187 Å². The molecule has 0 saturated heterocycles. The van der Waals surface area contributed by atoms with Gasteiger partial charge in [-0.2, -0.15) is 0 Å². The SMILES string of the molecule is C1=C(c2ccccc2)OC(c2ccccc2)(c2ccccc2)C1c1ccc2c(c1)OCO2. The van der Waals surface area contributed by atoms with Crippen molar-refractivity contribution >= 4 is 5.76 Å². The molecule has 3 heteroatoms.